The standard InChI is InChI=1S/C13H19ClN4O/c1-3-18-6-4-10(5-7-18)17(2)13-11(8-19)12(14)15-9-16-13/h8-10H,3-7H2,1-2H3. The average molecular weight is 283 g/mol. The van der Waals surface area contributed by atoms with Gasteiger partial charge in [-0.1, -0.05) is 18.5 Å². The van der Waals surface area contributed by atoms with Crippen molar-refractivity contribution in [3.05, 3.63) is 17.0 Å². The molecule has 1 aromatic rings. The second-order valence-electron chi connectivity index (χ2n) is 4.80. The minimum Gasteiger partial charge on any atom is -0.356 e. The van der Waals surface area contributed by atoms with Crippen LogP contribution in [0.3, 0.4) is 0 Å². The molecule has 5 nitrogen and oxygen atoms in total. The Morgan fingerprint density at radius 3 is 2.74 bits per heavy atom. The number of aromatic nitrogens is 2. The quantitative estimate of drug-likeness (QED) is 0.623. The van der Waals surface area contributed by atoms with Crippen molar-refractivity contribution in [2.75, 3.05) is 31.6 Å². The molecule has 104 valence electrons. The topological polar surface area (TPSA) is 49.3 Å². The number of nitrogens with zero attached hydrogens (tertiary/aromatic N) is 4. The maximum atomic E-state index is 11.1. The van der Waals surface area contributed by atoms with Crippen LogP contribution in [0.2, 0.25) is 5.15 Å². The highest BCUT2D eigenvalue weighted by Gasteiger charge is 2.24. The third kappa shape index (κ3) is 3.04. The Morgan fingerprint density at radius 1 is 1.47 bits per heavy atom. The summed E-state index contributed by atoms with van der Waals surface area (Å²) in [6, 6.07) is 0.396. The molecular weight excluding hydrogens is 264 g/mol. The molecule has 2 rings (SSSR count). The summed E-state index contributed by atoms with van der Waals surface area (Å²) < 4.78 is 0. The molecule has 0 spiro atoms. The summed E-state index contributed by atoms with van der Waals surface area (Å²) in [6.07, 6.45) is 4.28. The van der Waals surface area contributed by atoms with Crippen molar-refractivity contribution >= 4 is 23.7 Å². The van der Waals surface area contributed by atoms with Gasteiger partial charge in [-0.15, -0.1) is 0 Å². The van der Waals surface area contributed by atoms with Crippen molar-refractivity contribution in [3.63, 3.8) is 0 Å². The lowest BCUT2D eigenvalue weighted by Crippen LogP contribution is -2.43. The van der Waals surface area contributed by atoms with Crippen molar-refractivity contribution < 1.29 is 4.79 Å². The van der Waals surface area contributed by atoms with Crippen LogP contribution in [0.25, 0.3) is 0 Å². The molecule has 1 aliphatic rings. The highest BCUT2D eigenvalue weighted by molar-refractivity contribution is 6.32. The Hall–Kier alpha value is -1.20. The number of hydrogen-bond donors (Lipinski definition) is 0. The molecule has 0 bridgehead atoms. The molecule has 0 N–H and O–H groups in total. The lowest BCUT2D eigenvalue weighted by atomic mass is 10.0. The molecule has 0 amide bonds. The number of aldehydes is 1. The summed E-state index contributed by atoms with van der Waals surface area (Å²) in [4.78, 5) is 23.7. The van der Waals surface area contributed by atoms with Gasteiger partial charge in [-0.05, 0) is 19.4 Å². The summed E-state index contributed by atoms with van der Waals surface area (Å²) in [5.41, 5.74) is 0.379. The van der Waals surface area contributed by atoms with Crippen molar-refractivity contribution in [1.82, 2.24) is 14.9 Å². The molecule has 0 saturated carbocycles. The summed E-state index contributed by atoms with van der Waals surface area (Å²) >= 11 is 5.94. The highest BCUT2D eigenvalue weighted by Crippen LogP contribution is 2.25. The van der Waals surface area contributed by atoms with E-state index in [1.165, 1.54) is 6.33 Å². The largest absolute Gasteiger partial charge is 0.356 e. The van der Waals surface area contributed by atoms with E-state index in [4.69, 9.17) is 11.6 Å². The number of hydrogen-bond acceptors (Lipinski definition) is 5. The number of piperidine rings is 1. The molecule has 0 atom stereocenters. The van der Waals surface area contributed by atoms with Gasteiger partial charge in [0.1, 0.15) is 17.3 Å². The maximum Gasteiger partial charge on any atom is 0.156 e. The number of carbonyl (C=O) groups is 1. The molecule has 19 heavy (non-hydrogen) atoms. The van der Waals surface area contributed by atoms with Crippen molar-refractivity contribution in [1.29, 1.82) is 0 Å². The van der Waals surface area contributed by atoms with E-state index in [0.29, 0.717) is 17.4 Å². The number of likely N-dealkylation sites (tertiary alicyclic amines) is 1. The fraction of sp³-hybridized carbons (Fsp3) is 0.615. The van der Waals surface area contributed by atoms with Crippen molar-refractivity contribution in [2.24, 2.45) is 0 Å². The van der Waals surface area contributed by atoms with Gasteiger partial charge < -0.3 is 9.80 Å². The van der Waals surface area contributed by atoms with Gasteiger partial charge in [0.15, 0.2) is 6.29 Å². The molecular formula is C13H19ClN4O. The first-order valence-corrected chi connectivity index (χ1v) is 6.96. The molecule has 2 heterocycles. The molecule has 1 aliphatic heterocycles. The van der Waals surface area contributed by atoms with Gasteiger partial charge in [-0.2, -0.15) is 0 Å². The van der Waals surface area contributed by atoms with E-state index < -0.39 is 0 Å². The molecule has 6 heteroatoms. The summed E-state index contributed by atoms with van der Waals surface area (Å²) in [6.45, 7) is 5.44. The number of rotatable bonds is 4. The van der Waals surface area contributed by atoms with Gasteiger partial charge >= 0.3 is 0 Å². The Kier molecular flexibility index (Phi) is 4.71. The van der Waals surface area contributed by atoms with Crippen LogP contribution in [0.5, 0.6) is 0 Å². The van der Waals surface area contributed by atoms with E-state index in [9.17, 15) is 4.79 Å². The predicted molar refractivity (Wildman–Crippen MR) is 76.0 cm³/mol. The first-order chi connectivity index (χ1) is 9.17. The molecule has 0 aliphatic carbocycles. The van der Waals surface area contributed by atoms with E-state index in [-0.39, 0.29) is 5.15 Å². The molecule has 0 unspecified atom stereocenters. The number of anilines is 1. The predicted octanol–water partition coefficient (Wildman–Crippen LogP) is 1.86. The third-order valence-electron chi connectivity index (χ3n) is 3.82. The Balaban J connectivity index is 2.14. The van der Waals surface area contributed by atoms with Crippen LogP contribution in [0.4, 0.5) is 5.82 Å². The molecule has 0 aromatic carbocycles. The Bertz CT molecular complexity index is 446. The van der Waals surface area contributed by atoms with Crippen LogP contribution in [0.15, 0.2) is 6.33 Å². The lowest BCUT2D eigenvalue weighted by molar-refractivity contribution is 0.112. The second-order valence-corrected chi connectivity index (χ2v) is 5.15. The zero-order chi connectivity index (χ0) is 13.8. The van der Waals surface area contributed by atoms with Crippen molar-refractivity contribution in [3.8, 4) is 0 Å². The van der Waals surface area contributed by atoms with Gasteiger partial charge in [0.05, 0.1) is 5.56 Å². The average Bonchev–Trinajstić information content (AvgIpc) is 2.46. The van der Waals surface area contributed by atoms with Gasteiger partial charge in [-0.3, -0.25) is 4.79 Å². The monoisotopic (exact) mass is 282 g/mol. The van der Waals surface area contributed by atoms with Crippen LogP contribution in [0, 0.1) is 0 Å². The van der Waals surface area contributed by atoms with Crippen LogP contribution in [0.1, 0.15) is 30.1 Å². The lowest BCUT2D eigenvalue weighted by Gasteiger charge is -2.37. The minimum atomic E-state index is 0.220. The van der Waals surface area contributed by atoms with Gasteiger partial charge in [0.25, 0.3) is 0 Å². The van der Waals surface area contributed by atoms with E-state index in [1.54, 1.807) is 0 Å². The van der Waals surface area contributed by atoms with E-state index in [2.05, 4.69) is 26.7 Å². The zero-order valence-electron chi connectivity index (χ0n) is 11.3. The molecule has 1 aromatic heterocycles. The minimum absolute atomic E-state index is 0.220. The summed E-state index contributed by atoms with van der Waals surface area (Å²) in [5.74, 6) is 0.630. The van der Waals surface area contributed by atoms with Gasteiger partial charge in [0, 0.05) is 26.2 Å². The number of carbonyl (C=O) groups excluding carboxylic acids is 1. The SMILES string of the molecule is CCN1CCC(N(C)c2ncnc(Cl)c2C=O)CC1. The van der Waals surface area contributed by atoms with Crippen LogP contribution < -0.4 is 4.90 Å². The van der Waals surface area contributed by atoms with Crippen LogP contribution in [-0.2, 0) is 0 Å². The second kappa shape index (κ2) is 6.30. The van der Waals surface area contributed by atoms with Crippen molar-refractivity contribution in [2.45, 2.75) is 25.8 Å². The fourth-order valence-electron chi connectivity index (χ4n) is 2.54. The van der Waals surface area contributed by atoms with E-state index >= 15 is 0 Å². The Morgan fingerprint density at radius 2 is 2.16 bits per heavy atom. The molecule has 1 saturated heterocycles. The first-order valence-electron chi connectivity index (χ1n) is 6.58. The highest BCUT2D eigenvalue weighted by atomic mass is 35.5. The smallest absolute Gasteiger partial charge is 0.156 e. The van der Waals surface area contributed by atoms with Crippen LogP contribution >= 0.6 is 11.6 Å². The van der Waals surface area contributed by atoms with Gasteiger partial charge in [-0.25, -0.2) is 9.97 Å². The van der Waals surface area contributed by atoms with Crippen LogP contribution in [-0.4, -0.2) is 53.9 Å². The first kappa shape index (κ1) is 14.2. The fourth-order valence-corrected chi connectivity index (χ4v) is 2.72. The number of halogens is 1. The Labute approximate surface area is 118 Å². The molecule has 1 fully saturated rings. The summed E-state index contributed by atoms with van der Waals surface area (Å²) in [7, 11) is 1.97. The zero-order valence-corrected chi connectivity index (χ0v) is 12.1. The third-order valence-corrected chi connectivity index (χ3v) is 4.12. The maximum absolute atomic E-state index is 11.1. The van der Waals surface area contributed by atoms with E-state index in [0.717, 1.165) is 38.8 Å². The normalized spacial score (nSPS) is 17.4. The summed E-state index contributed by atoms with van der Waals surface area (Å²) in [5, 5.41) is 0.220. The molecule has 0 radical (unpaired) electrons. The van der Waals surface area contributed by atoms with Gasteiger partial charge in [0.2, 0.25) is 0 Å². The van der Waals surface area contributed by atoms with E-state index in [1.807, 2.05) is 7.05 Å².